The van der Waals surface area contributed by atoms with Crippen LogP contribution in [0.15, 0.2) is 162 Å². The van der Waals surface area contributed by atoms with E-state index in [-0.39, 0.29) is 5.92 Å². The van der Waals surface area contributed by atoms with E-state index in [0.29, 0.717) is 0 Å². The van der Waals surface area contributed by atoms with E-state index in [1.807, 2.05) is 6.92 Å². The van der Waals surface area contributed by atoms with E-state index in [1.54, 1.807) is 0 Å². The van der Waals surface area contributed by atoms with Crippen molar-refractivity contribution in [3.05, 3.63) is 173 Å². The Morgan fingerprint density at radius 2 is 1.46 bits per heavy atom. The van der Waals surface area contributed by atoms with Gasteiger partial charge >= 0.3 is 0 Å². The van der Waals surface area contributed by atoms with Crippen LogP contribution in [0.25, 0.3) is 5.57 Å². The Bertz CT molecular complexity index is 1360. The summed E-state index contributed by atoms with van der Waals surface area (Å²) in [6, 6.07) is 8.96. The predicted octanol–water partition coefficient (Wildman–Crippen LogP) is 10.8. The second-order valence-corrected chi connectivity index (χ2v) is 10.0. The number of nitrogens with zero attached hydrogens (tertiary/aromatic N) is 1. The highest BCUT2D eigenvalue weighted by molar-refractivity contribution is 6.56. The van der Waals surface area contributed by atoms with Crippen molar-refractivity contribution in [2.75, 3.05) is 0 Å². The van der Waals surface area contributed by atoms with Crippen LogP contribution in [0, 0.1) is 0 Å². The van der Waals surface area contributed by atoms with E-state index < -0.39 is 0 Å². The van der Waals surface area contributed by atoms with Crippen LogP contribution in [0.4, 0.5) is 0 Å². The second-order valence-electron chi connectivity index (χ2n) is 10.0. The summed E-state index contributed by atoms with van der Waals surface area (Å²) >= 11 is 0. The monoisotopic (exact) mass is 541 g/mol. The van der Waals surface area contributed by atoms with Crippen molar-refractivity contribution in [3.8, 4) is 0 Å². The average molecular weight is 542 g/mol. The third kappa shape index (κ3) is 10.5. The summed E-state index contributed by atoms with van der Waals surface area (Å²) in [6.07, 6.45) is 38.9. The first-order valence-corrected chi connectivity index (χ1v) is 14.8. The fraction of sp³-hybridized carbons (Fsp3) is 0.231. The van der Waals surface area contributed by atoms with Crippen molar-refractivity contribution in [2.24, 2.45) is 0 Å². The van der Waals surface area contributed by atoms with Gasteiger partial charge in [-0.05, 0) is 88.5 Å². The Kier molecular flexibility index (Phi) is 14.8. The molecule has 0 fully saturated rings. The molecule has 0 radical (unpaired) electrons. The van der Waals surface area contributed by atoms with Gasteiger partial charge in [-0.15, -0.1) is 0 Å². The topological polar surface area (TPSA) is 3.24 Å². The first kappa shape index (κ1) is 33.2. The number of hydrogen-bond acceptors (Lipinski definition) is 1. The van der Waals surface area contributed by atoms with E-state index >= 15 is 0 Å². The normalized spacial score (nSPS) is 16.7. The van der Waals surface area contributed by atoms with Crippen molar-refractivity contribution >= 4 is 12.9 Å². The molecule has 1 aromatic carbocycles. The van der Waals surface area contributed by atoms with Crippen molar-refractivity contribution in [1.29, 1.82) is 0 Å². The summed E-state index contributed by atoms with van der Waals surface area (Å²) in [6.45, 7) is 16.9. The van der Waals surface area contributed by atoms with Crippen LogP contribution in [0.2, 0.25) is 0 Å². The molecule has 2 rings (SSSR count). The zero-order chi connectivity index (χ0) is 30.0. The van der Waals surface area contributed by atoms with Crippen LogP contribution < -0.4 is 0 Å². The molecule has 0 bridgehead atoms. The molecule has 0 aromatic heterocycles. The van der Waals surface area contributed by atoms with Gasteiger partial charge in [-0.1, -0.05) is 133 Å². The Labute approximate surface area is 251 Å². The van der Waals surface area contributed by atoms with E-state index in [0.717, 1.165) is 13.0 Å². The Balaban J connectivity index is 2.45. The molecular weight excluding hydrogens is 493 g/mol. The van der Waals surface area contributed by atoms with Gasteiger partial charge in [0.2, 0.25) is 7.28 Å². The molecule has 1 aliphatic heterocycles. The second kappa shape index (κ2) is 18.3. The van der Waals surface area contributed by atoms with Crippen molar-refractivity contribution < 1.29 is 0 Å². The Hall–Kier alpha value is -4.04. The summed E-state index contributed by atoms with van der Waals surface area (Å²) in [7, 11) is 0.891. The highest BCUT2D eigenvalue weighted by Crippen LogP contribution is 2.28. The smallest absolute Gasteiger partial charge is 0.214 e. The quantitative estimate of drug-likeness (QED) is 0.177. The molecule has 41 heavy (non-hydrogen) atoms. The molecule has 0 amide bonds. The molecule has 1 aromatic rings. The van der Waals surface area contributed by atoms with Gasteiger partial charge in [0, 0.05) is 17.8 Å². The third-order valence-electron chi connectivity index (χ3n) is 6.99. The average Bonchev–Trinajstić information content (AvgIpc) is 3.48. The van der Waals surface area contributed by atoms with Crippen LogP contribution in [0.5, 0.6) is 0 Å². The maximum Gasteiger partial charge on any atom is 0.214 e. The van der Waals surface area contributed by atoms with Gasteiger partial charge < -0.3 is 4.90 Å². The van der Waals surface area contributed by atoms with Gasteiger partial charge in [-0.3, -0.25) is 0 Å². The number of hydrogen-bond donors (Lipinski definition) is 0. The van der Waals surface area contributed by atoms with Crippen molar-refractivity contribution in [2.45, 2.75) is 61.3 Å². The lowest BCUT2D eigenvalue weighted by Gasteiger charge is -2.25. The van der Waals surface area contributed by atoms with Gasteiger partial charge in [0.15, 0.2) is 0 Å². The van der Waals surface area contributed by atoms with Crippen LogP contribution in [-0.2, 0) is 0 Å². The molecule has 0 saturated carbocycles. The first-order valence-electron chi connectivity index (χ1n) is 14.8. The fourth-order valence-corrected chi connectivity index (χ4v) is 4.64. The molecule has 1 unspecified atom stereocenters. The fourth-order valence-electron chi connectivity index (χ4n) is 4.64. The molecule has 1 atom stereocenters. The highest BCUT2D eigenvalue weighted by atomic mass is 15.1. The molecule has 0 aliphatic carbocycles. The lowest BCUT2D eigenvalue weighted by Crippen LogP contribution is -2.19. The summed E-state index contributed by atoms with van der Waals surface area (Å²) in [5, 5.41) is 0. The van der Waals surface area contributed by atoms with Crippen molar-refractivity contribution in [1.82, 2.24) is 4.90 Å². The SMILES string of the molecule is C/C=C\C=C(/C)C1=CC=C(N(/C=C/C=C/C(/C=C\C)=C/C)C(/C=C\C)=C/C(C)c2ccc(C(/C=C\C)=C/C)cc2)B1. The van der Waals surface area contributed by atoms with Crippen LogP contribution >= 0.6 is 0 Å². The molecule has 212 valence electrons. The Morgan fingerprint density at radius 3 is 2.07 bits per heavy atom. The highest BCUT2D eigenvalue weighted by Gasteiger charge is 2.19. The minimum absolute atomic E-state index is 0.243. The lowest BCUT2D eigenvalue weighted by molar-refractivity contribution is 0.623. The number of benzene rings is 1. The summed E-state index contributed by atoms with van der Waals surface area (Å²) < 4.78 is 0. The van der Waals surface area contributed by atoms with Gasteiger partial charge in [0.05, 0.1) is 0 Å². The van der Waals surface area contributed by atoms with Gasteiger partial charge in [-0.25, -0.2) is 0 Å². The molecular formula is C39H48BN. The standard InChI is InChI=1S/C39H48BN/c1-9-15-21-31(7)38-27-28-39(40-38)41(29-17-16-22-33(13-5)18-10-2)37(20-12-4)30-32(8)35-23-25-36(26-24-35)34(14-6)19-11-3/h9-30,32,40H,1-8H3/b15-9-,18-10-,19-11-,20-12-,22-16+,29-17+,31-21+,33-13+,34-14+,37-30+. The van der Waals surface area contributed by atoms with E-state index in [2.05, 4.69) is 187 Å². The predicted molar refractivity (Wildman–Crippen MR) is 187 cm³/mol. The lowest BCUT2D eigenvalue weighted by atomic mass is 9.66. The van der Waals surface area contributed by atoms with Gasteiger partial charge in [-0.2, -0.15) is 0 Å². The van der Waals surface area contributed by atoms with Gasteiger partial charge in [0.25, 0.3) is 0 Å². The molecule has 1 aliphatic rings. The molecule has 1 heterocycles. The Morgan fingerprint density at radius 1 is 0.756 bits per heavy atom. The summed E-state index contributed by atoms with van der Waals surface area (Å²) in [4.78, 5) is 2.33. The first-order chi connectivity index (χ1) is 19.9. The zero-order valence-electron chi connectivity index (χ0n) is 26.4. The van der Waals surface area contributed by atoms with Crippen molar-refractivity contribution in [3.63, 3.8) is 0 Å². The minimum atomic E-state index is 0.243. The molecule has 0 spiro atoms. The molecule has 1 nitrogen and oxygen atoms in total. The number of rotatable bonds is 13. The molecule has 0 saturated heterocycles. The largest absolute Gasteiger partial charge is 0.330 e. The van der Waals surface area contributed by atoms with E-state index in [1.165, 1.54) is 38.9 Å². The van der Waals surface area contributed by atoms with Crippen LogP contribution in [0.1, 0.15) is 72.4 Å². The third-order valence-corrected chi connectivity index (χ3v) is 6.99. The molecule has 2 heteroatoms. The van der Waals surface area contributed by atoms with Crippen LogP contribution in [-0.4, -0.2) is 12.2 Å². The number of allylic oxidation sites excluding steroid dienone is 21. The molecule has 0 N–H and O–H groups in total. The van der Waals surface area contributed by atoms with E-state index in [9.17, 15) is 0 Å². The zero-order valence-corrected chi connectivity index (χ0v) is 26.4. The minimum Gasteiger partial charge on any atom is -0.330 e. The summed E-state index contributed by atoms with van der Waals surface area (Å²) in [5.41, 5.74) is 10.0. The summed E-state index contributed by atoms with van der Waals surface area (Å²) in [5.74, 6) is 0.243. The maximum atomic E-state index is 2.37. The van der Waals surface area contributed by atoms with Crippen LogP contribution in [0.3, 0.4) is 0 Å². The van der Waals surface area contributed by atoms with E-state index in [4.69, 9.17) is 0 Å². The van der Waals surface area contributed by atoms with Gasteiger partial charge in [0.1, 0.15) is 0 Å². The maximum absolute atomic E-state index is 2.37.